The predicted molar refractivity (Wildman–Crippen MR) is 133 cm³/mol. The number of hydrogen-bond acceptors (Lipinski definition) is 10. The molecular weight excluding hydrogens is 508 g/mol. The van der Waals surface area contributed by atoms with Crippen molar-refractivity contribution in [3.8, 4) is 0 Å². The van der Waals surface area contributed by atoms with Crippen LogP contribution < -0.4 is 0 Å². The number of fused-ring (bicyclic) bond motifs is 3. The number of epoxide rings is 1. The van der Waals surface area contributed by atoms with E-state index in [-0.39, 0.29) is 12.5 Å². The van der Waals surface area contributed by atoms with Crippen molar-refractivity contribution in [1.29, 1.82) is 0 Å². The summed E-state index contributed by atoms with van der Waals surface area (Å²) in [5.41, 5.74) is -3.82. The zero-order valence-electron chi connectivity index (χ0n) is 23.1. The molecule has 0 amide bonds. The Bertz CT molecular complexity index is 1240. The molecule has 5 aliphatic rings. The van der Waals surface area contributed by atoms with Gasteiger partial charge >= 0.3 is 17.9 Å². The molecule has 2 saturated carbocycles. The molecule has 10 heteroatoms. The molecule has 6 rings (SSSR count). The SMILES string of the molecule is COC(=O)C=C[C@]12COC(C)(C)[C@@H]1[C@H](O)[C@@H](OC(C)=O)[C@]1(C)[C@H]2CC[C@@]2(C)[C@@H](c3ccoc3)OC(=O)[C@@H]3O[C@]312. The van der Waals surface area contributed by atoms with Crippen molar-refractivity contribution in [3.63, 3.8) is 0 Å². The van der Waals surface area contributed by atoms with Gasteiger partial charge in [0, 0.05) is 40.7 Å². The molecule has 5 fully saturated rings. The number of aliphatic hydroxyl groups excluding tert-OH is 1. The number of carbonyl (C=O) groups is 3. The number of carbonyl (C=O) groups excluding carboxylic acids is 3. The maximum Gasteiger partial charge on any atom is 0.339 e. The van der Waals surface area contributed by atoms with Crippen molar-refractivity contribution >= 4 is 17.9 Å². The molecular formula is C29H36O10. The molecule has 4 heterocycles. The van der Waals surface area contributed by atoms with Crippen LogP contribution in [-0.4, -0.2) is 66.2 Å². The van der Waals surface area contributed by atoms with Crippen molar-refractivity contribution < 1.29 is 47.6 Å². The van der Waals surface area contributed by atoms with Gasteiger partial charge in [-0.2, -0.15) is 0 Å². The van der Waals surface area contributed by atoms with Crippen LogP contribution in [0.2, 0.25) is 0 Å². The van der Waals surface area contributed by atoms with Crippen molar-refractivity contribution in [1.82, 2.24) is 0 Å². The molecule has 0 aromatic carbocycles. The second-order valence-corrected chi connectivity index (χ2v) is 12.8. The van der Waals surface area contributed by atoms with E-state index < -0.39 is 75.7 Å². The highest BCUT2D eigenvalue weighted by molar-refractivity contribution is 5.83. The molecule has 1 aromatic heterocycles. The van der Waals surface area contributed by atoms with Crippen LogP contribution >= 0.6 is 0 Å². The predicted octanol–water partition coefficient (Wildman–Crippen LogP) is 2.88. The molecule has 212 valence electrons. The maximum absolute atomic E-state index is 13.4. The highest BCUT2D eigenvalue weighted by Gasteiger charge is 2.90. The van der Waals surface area contributed by atoms with E-state index in [1.54, 1.807) is 18.4 Å². The average Bonchev–Trinajstić information content (AvgIpc) is 3.33. The first kappa shape index (κ1) is 26.5. The molecule has 0 unspecified atom stereocenters. The summed E-state index contributed by atoms with van der Waals surface area (Å²) in [5, 5.41) is 12.1. The summed E-state index contributed by atoms with van der Waals surface area (Å²) in [7, 11) is 1.31. The Balaban J connectivity index is 1.58. The minimum absolute atomic E-state index is 0.231. The molecule has 10 nitrogen and oxygen atoms in total. The largest absolute Gasteiger partial charge is 0.472 e. The van der Waals surface area contributed by atoms with E-state index in [9.17, 15) is 19.5 Å². The van der Waals surface area contributed by atoms with Gasteiger partial charge < -0.3 is 33.2 Å². The van der Waals surface area contributed by atoms with Gasteiger partial charge in [0.15, 0.2) is 6.10 Å². The number of cyclic esters (lactones) is 1. The first-order valence-corrected chi connectivity index (χ1v) is 13.5. The van der Waals surface area contributed by atoms with Crippen LogP contribution in [0.4, 0.5) is 0 Å². The molecule has 2 aliphatic carbocycles. The second-order valence-electron chi connectivity index (χ2n) is 12.8. The number of hydrogen-bond donors (Lipinski definition) is 1. The molecule has 1 spiro atoms. The van der Waals surface area contributed by atoms with E-state index >= 15 is 0 Å². The topological polar surface area (TPSA) is 134 Å². The molecule has 3 aliphatic heterocycles. The summed E-state index contributed by atoms with van der Waals surface area (Å²) in [4.78, 5) is 38.3. The van der Waals surface area contributed by atoms with Gasteiger partial charge in [0.1, 0.15) is 17.8 Å². The Hall–Kier alpha value is -2.69. The lowest BCUT2D eigenvalue weighted by atomic mass is 9.37. The highest BCUT2D eigenvalue weighted by atomic mass is 16.7. The van der Waals surface area contributed by atoms with E-state index in [0.29, 0.717) is 18.4 Å². The number of ether oxygens (including phenoxy) is 5. The van der Waals surface area contributed by atoms with E-state index in [1.807, 2.05) is 27.7 Å². The van der Waals surface area contributed by atoms with Crippen LogP contribution in [0.15, 0.2) is 35.2 Å². The van der Waals surface area contributed by atoms with Gasteiger partial charge in [-0.25, -0.2) is 9.59 Å². The minimum atomic E-state index is -1.18. The maximum atomic E-state index is 13.4. The minimum Gasteiger partial charge on any atom is -0.472 e. The zero-order valence-corrected chi connectivity index (χ0v) is 23.1. The van der Waals surface area contributed by atoms with Gasteiger partial charge in [-0.05, 0) is 38.7 Å². The van der Waals surface area contributed by atoms with Crippen molar-refractivity contribution in [3.05, 3.63) is 36.3 Å². The lowest BCUT2D eigenvalue weighted by Crippen LogP contribution is -2.75. The Morgan fingerprint density at radius 3 is 2.56 bits per heavy atom. The smallest absolute Gasteiger partial charge is 0.339 e. The summed E-state index contributed by atoms with van der Waals surface area (Å²) in [6, 6.07) is 1.78. The lowest BCUT2D eigenvalue weighted by Gasteiger charge is -2.67. The first-order chi connectivity index (χ1) is 18.3. The van der Waals surface area contributed by atoms with Crippen LogP contribution in [0, 0.1) is 28.1 Å². The third kappa shape index (κ3) is 3.11. The normalized spacial score (nSPS) is 47.3. The summed E-state index contributed by atoms with van der Waals surface area (Å²) in [6.07, 6.45) is 3.78. The standard InChI is InChI=1S/C29H36O10/c1-15(30)37-22-19(32)20-25(2,3)36-14-28(20,11-8-18(31)34-6)17-7-10-26(4)21(16-9-12-35-13-16)38-24(33)23-29(26,39-23)27(17,22)5/h8-9,11-13,17,19-23,32H,7,10,14H2,1-6H3/t17-,19+,20+,21-,22-,23+,26+,27+,28-,29+/m1/s1. The van der Waals surface area contributed by atoms with Gasteiger partial charge in [-0.1, -0.05) is 19.9 Å². The third-order valence-electron chi connectivity index (χ3n) is 10.8. The summed E-state index contributed by atoms with van der Waals surface area (Å²) in [5.74, 6) is -2.38. The summed E-state index contributed by atoms with van der Waals surface area (Å²) >= 11 is 0. The molecule has 0 bridgehead atoms. The third-order valence-corrected chi connectivity index (χ3v) is 10.8. The fourth-order valence-corrected chi connectivity index (χ4v) is 9.39. The van der Waals surface area contributed by atoms with E-state index in [1.165, 1.54) is 26.4 Å². The molecule has 39 heavy (non-hydrogen) atoms. The monoisotopic (exact) mass is 544 g/mol. The Kier molecular flexibility index (Phi) is 5.56. The van der Waals surface area contributed by atoms with Crippen LogP contribution in [0.25, 0.3) is 0 Å². The molecule has 1 N–H and O–H groups in total. The van der Waals surface area contributed by atoms with E-state index in [4.69, 9.17) is 28.1 Å². The molecule has 10 atom stereocenters. The van der Waals surface area contributed by atoms with Gasteiger partial charge in [0.25, 0.3) is 0 Å². The van der Waals surface area contributed by atoms with Gasteiger partial charge in [-0.15, -0.1) is 0 Å². The Morgan fingerprint density at radius 1 is 1.18 bits per heavy atom. The van der Waals surface area contributed by atoms with Gasteiger partial charge in [-0.3, -0.25) is 4.79 Å². The van der Waals surface area contributed by atoms with Gasteiger partial charge in [0.2, 0.25) is 0 Å². The molecule has 1 aromatic rings. The van der Waals surface area contributed by atoms with Crippen molar-refractivity contribution in [2.75, 3.05) is 13.7 Å². The molecule has 0 radical (unpaired) electrons. The summed E-state index contributed by atoms with van der Waals surface area (Å²) in [6.45, 7) is 9.33. The summed E-state index contributed by atoms with van der Waals surface area (Å²) < 4.78 is 35.0. The average molecular weight is 545 g/mol. The number of furan rings is 1. The van der Waals surface area contributed by atoms with E-state index in [2.05, 4.69) is 0 Å². The van der Waals surface area contributed by atoms with Crippen LogP contribution in [0.1, 0.15) is 59.1 Å². The van der Waals surface area contributed by atoms with Crippen molar-refractivity contribution in [2.45, 2.75) is 83.1 Å². The lowest BCUT2D eigenvalue weighted by molar-refractivity contribution is -0.271. The Labute approximate surface area is 226 Å². The number of rotatable bonds is 4. The van der Waals surface area contributed by atoms with Crippen LogP contribution in [0.3, 0.4) is 0 Å². The van der Waals surface area contributed by atoms with Gasteiger partial charge in [0.05, 0.1) is 37.9 Å². The Morgan fingerprint density at radius 2 is 1.92 bits per heavy atom. The van der Waals surface area contributed by atoms with Crippen molar-refractivity contribution in [2.24, 2.45) is 28.1 Å². The highest BCUT2D eigenvalue weighted by Crippen LogP contribution is 2.80. The molecule has 3 saturated heterocycles. The quantitative estimate of drug-likeness (QED) is 0.261. The van der Waals surface area contributed by atoms with E-state index in [0.717, 1.165) is 0 Å². The number of methoxy groups -OCH3 is 1. The van der Waals surface area contributed by atoms with Crippen LogP contribution in [-0.2, 0) is 38.1 Å². The van der Waals surface area contributed by atoms with Crippen LogP contribution in [0.5, 0.6) is 0 Å². The number of aliphatic hydroxyl groups is 1. The second kappa shape index (κ2) is 8.17. The first-order valence-electron chi connectivity index (χ1n) is 13.5. The fraction of sp³-hybridized carbons (Fsp3) is 0.690. The fourth-order valence-electron chi connectivity index (χ4n) is 9.39. The zero-order chi connectivity index (χ0) is 28.2. The number of esters is 3.